The first-order valence-electron chi connectivity index (χ1n) is 11.1. The van der Waals surface area contributed by atoms with Crippen molar-refractivity contribution in [2.45, 2.75) is 44.3 Å². The molecule has 172 valence electrons. The van der Waals surface area contributed by atoms with Crippen molar-refractivity contribution in [3.8, 4) is 5.75 Å². The zero-order valence-electron chi connectivity index (χ0n) is 18.5. The number of hydrogen-bond acceptors (Lipinski definition) is 4. The predicted molar refractivity (Wildman–Crippen MR) is 126 cm³/mol. The molecule has 0 saturated heterocycles. The zero-order valence-corrected chi connectivity index (χ0v) is 19.3. The highest BCUT2D eigenvalue weighted by molar-refractivity contribution is 6.31. The molecular formula is C26H27ClN2O4. The molecule has 1 saturated carbocycles. The van der Waals surface area contributed by atoms with Crippen LogP contribution in [0.15, 0.2) is 71.3 Å². The minimum atomic E-state index is -0.870. The molecule has 1 heterocycles. The van der Waals surface area contributed by atoms with Gasteiger partial charge in [-0.1, -0.05) is 54.8 Å². The largest absolute Gasteiger partial charge is 0.497 e. The van der Waals surface area contributed by atoms with Crippen molar-refractivity contribution in [2.75, 3.05) is 7.11 Å². The number of furan rings is 1. The topological polar surface area (TPSA) is 71.8 Å². The van der Waals surface area contributed by atoms with E-state index in [-0.39, 0.29) is 30.2 Å². The van der Waals surface area contributed by atoms with Crippen molar-refractivity contribution in [3.05, 3.63) is 88.8 Å². The van der Waals surface area contributed by atoms with Crippen LogP contribution in [-0.4, -0.2) is 29.9 Å². The molecule has 1 N–H and O–H groups in total. The normalized spacial score (nSPS) is 14.6. The summed E-state index contributed by atoms with van der Waals surface area (Å²) in [6, 6.07) is 17.0. The van der Waals surface area contributed by atoms with Crippen LogP contribution in [0, 0.1) is 0 Å². The number of hydrogen-bond donors (Lipinski definition) is 1. The van der Waals surface area contributed by atoms with Gasteiger partial charge in [-0.2, -0.15) is 0 Å². The first-order valence-corrected chi connectivity index (χ1v) is 11.5. The van der Waals surface area contributed by atoms with Gasteiger partial charge in [0.2, 0.25) is 5.91 Å². The number of ether oxygens (including phenoxy) is 1. The number of rotatable bonds is 8. The second-order valence-electron chi connectivity index (χ2n) is 8.17. The van der Waals surface area contributed by atoms with Crippen molar-refractivity contribution in [1.82, 2.24) is 10.2 Å². The van der Waals surface area contributed by atoms with Crippen LogP contribution in [0.2, 0.25) is 5.02 Å². The molecule has 0 bridgehead atoms. The minimum Gasteiger partial charge on any atom is -0.497 e. The lowest BCUT2D eigenvalue weighted by Crippen LogP contribution is -2.45. The molecule has 1 fully saturated rings. The summed E-state index contributed by atoms with van der Waals surface area (Å²) in [4.78, 5) is 28.8. The van der Waals surface area contributed by atoms with Crippen LogP contribution in [0.4, 0.5) is 0 Å². The Morgan fingerprint density at radius 1 is 1.09 bits per heavy atom. The van der Waals surface area contributed by atoms with Gasteiger partial charge in [0.1, 0.15) is 11.8 Å². The molecular weight excluding hydrogens is 440 g/mol. The average Bonchev–Trinajstić information content (AvgIpc) is 3.54. The molecule has 1 aliphatic rings. The molecule has 0 radical (unpaired) electrons. The van der Waals surface area contributed by atoms with Crippen molar-refractivity contribution in [2.24, 2.45) is 0 Å². The fourth-order valence-corrected chi connectivity index (χ4v) is 4.44. The molecule has 3 aromatic rings. The van der Waals surface area contributed by atoms with Crippen LogP contribution in [0.3, 0.4) is 0 Å². The highest BCUT2D eigenvalue weighted by Crippen LogP contribution is 2.30. The van der Waals surface area contributed by atoms with E-state index in [1.54, 1.807) is 37.4 Å². The van der Waals surface area contributed by atoms with E-state index in [0.717, 1.165) is 31.2 Å². The molecule has 2 amide bonds. The van der Waals surface area contributed by atoms with Crippen molar-refractivity contribution < 1.29 is 18.7 Å². The number of nitrogens with one attached hydrogen (secondary N) is 1. The number of amides is 2. The van der Waals surface area contributed by atoms with Gasteiger partial charge in [-0.3, -0.25) is 9.59 Å². The summed E-state index contributed by atoms with van der Waals surface area (Å²) in [5.74, 6) is 0.222. The third-order valence-electron chi connectivity index (χ3n) is 5.98. The predicted octanol–water partition coefficient (Wildman–Crippen LogP) is 5.38. The van der Waals surface area contributed by atoms with E-state index in [4.69, 9.17) is 20.8 Å². The summed E-state index contributed by atoms with van der Waals surface area (Å²) in [5, 5.41) is 3.69. The van der Waals surface area contributed by atoms with E-state index in [2.05, 4.69) is 5.32 Å². The van der Waals surface area contributed by atoms with Gasteiger partial charge in [0.25, 0.3) is 5.91 Å². The molecule has 33 heavy (non-hydrogen) atoms. The Morgan fingerprint density at radius 3 is 2.45 bits per heavy atom. The smallest absolute Gasteiger partial charge is 0.290 e. The lowest BCUT2D eigenvalue weighted by molar-refractivity contribution is -0.126. The summed E-state index contributed by atoms with van der Waals surface area (Å²) in [7, 11) is 1.59. The quantitative estimate of drug-likeness (QED) is 0.483. The fourth-order valence-electron chi connectivity index (χ4n) is 4.24. The van der Waals surface area contributed by atoms with Crippen molar-refractivity contribution in [1.29, 1.82) is 0 Å². The fraction of sp³-hybridized carbons (Fsp3) is 0.308. The van der Waals surface area contributed by atoms with Crippen LogP contribution in [0.1, 0.15) is 53.4 Å². The van der Waals surface area contributed by atoms with E-state index in [1.165, 1.54) is 11.2 Å². The second kappa shape index (κ2) is 10.6. The lowest BCUT2D eigenvalue weighted by atomic mass is 10.0. The summed E-state index contributed by atoms with van der Waals surface area (Å²) in [5.41, 5.74) is 1.42. The maximum absolute atomic E-state index is 13.6. The molecule has 1 aromatic heterocycles. The highest BCUT2D eigenvalue weighted by Gasteiger charge is 2.35. The van der Waals surface area contributed by atoms with Gasteiger partial charge in [-0.15, -0.1) is 0 Å². The first-order chi connectivity index (χ1) is 16.1. The number of benzene rings is 2. The van der Waals surface area contributed by atoms with Gasteiger partial charge >= 0.3 is 0 Å². The van der Waals surface area contributed by atoms with E-state index >= 15 is 0 Å². The summed E-state index contributed by atoms with van der Waals surface area (Å²) < 4.78 is 10.7. The van der Waals surface area contributed by atoms with Crippen LogP contribution >= 0.6 is 11.6 Å². The Labute approximate surface area is 198 Å². The molecule has 7 heteroatoms. The van der Waals surface area contributed by atoms with Gasteiger partial charge in [-0.05, 0) is 54.3 Å². The van der Waals surface area contributed by atoms with E-state index in [0.29, 0.717) is 16.3 Å². The third kappa shape index (κ3) is 5.40. The molecule has 0 spiro atoms. The maximum atomic E-state index is 13.6. The van der Waals surface area contributed by atoms with Gasteiger partial charge < -0.3 is 19.4 Å². The van der Waals surface area contributed by atoms with E-state index in [1.807, 2.05) is 30.3 Å². The highest BCUT2D eigenvalue weighted by atomic mass is 35.5. The van der Waals surface area contributed by atoms with Crippen LogP contribution in [0.25, 0.3) is 0 Å². The number of carbonyl (C=O) groups is 2. The standard InChI is InChI=1S/C26H27ClN2O4/c1-32-21-14-12-18(13-15-21)24(25(30)28-20-8-3-4-9-20)29(26(31)23-11-6-16-33-23)17-19-7-2-5-10-22(19)27/h2,5-7,10-16,20,24H,3-4,8-9,17H2,1H3,(H,28,30)/t24-/m0/s1. The monoisotopic (exact) mass is 466 g/mol. The number of methoxy groups -OCH3 is 1. The number of halogens is 1. The Bertz CT molecular complexity index is 1080. The van der Waals surface area contributed by atoms with Crippen LogP contribution in [0.5, 0.6) is 5.75 Å². The van der Waals surface area contributed by atoms with Crippen molar-refractivity contribution >= 4 is 23.4 Å². The Kier molecular flexibility index (Phi) is 7.35. The number of nitrogens with zero attached hydrogens (tertiary/aromatic N) is 1. The third-order valence-corrected chi connectivity index (χ3v) is 6.35. The van der Waals surface area contributed by atoms with Crippen LogP contribution in [-0.2, 0) is 11.3 Å². The van der Waals surface area contributed by atoms with Crippen LogP contribution < -0.4 is 10.1 Å². The second-order valence-corrected chi connectivity index (χ2v) is 8.57. The minimum absolute atomic E-state index is 0.110. The van der Waals surface area contributed by atoms with E-state index in [9.17, 15) is 9.59 Å². The molecule has 2 aromatic carbocycles. The molecule has 6 nitrogen and oxygen atoms in total. The zero-order chi connectivity index (χ0) is 23.2. The SMILES string of the molecule is COc1ccc([C@@H](C(=O)NC2CCCC2)N(Cc2ccccc2Cl)C(=O)c2ccco2)cc1. The van der Waals surface area contributed by atoms with Crippen molar-refractivity contribution in [3.63, 3.8) is 0 Å². The van der Waals surface area contributed by atoms with Gasteiger partial charge in [0, 0.05) is 17.6 Å². The summed E-state index contributed by atoms with van der Waals surface area (Å²) in [6.07, 6.45) is 5.51. The maximum Gasteiger partial charge on any atom is 0.290 e. The van der Waals surface area contributed by atoms with E-state index < -0.39 is 6.04 Å². The summed E-state index contributed by atoms with van der Waals surface area (Å²) in [6.45, 7) is 0.147. The Hall–Kier alpha value is -3.25. The molecule has 1 atom stereocenters. The first kappa shape index (κ1) is 22.9. The molecule has 0 aliphatic heterocycles. The molecule has 1 aliphatic carbocycles. The lowest BCUT2D eigenvalue weighted by Gasteiger charge is -2.32. The Balaban J connectivity index is 1.75. The van der Waals surface area contributed by atoms with Gasteiger partial charge in [0.15, 0.2) is 5.76 Å². The average molecular weight is 467 g/mol. The Morgan fingerprint density at radius 2 is 1.82 bits per heavy atom. The summed E-state index contributed by atoms with van der Waals surface area (Å²) >= 11 is 6.43. The molecule has 4 rings (SSSR count). The van der Waals surface area contributed by atoms with Gasteiger partial charge in [0.05, 0.1) is 13.4 Å². The van der Waals surface area contributed by atoms with Gasteiger partial charge in [-0.25, -0.2) is 0 Å². The number of carbonyl (C=O) groups excluding carboxylic acids is 2. The molecule has 0 unspecified atom stereocenters.